The minimum Gasteiger partial charge on any atom is -0.343 e. The van der Waals surface area contributed by atoms with Crippen molar-refractivity contribution in [2.45, 2.75) is 53.4 Å². The second kappa shape index (κ2) is 10.2. The van der Waals surface area contributed by atoms with Crippen molar-refractivity contribution in [2.75, 3.05) is 33.7 Å². The maximum absolute atomic E-state index is 11.8. The molecule has 3 heteroatoms. The summed E-state index contributed by atoms with van der Waals surface area (Å²) in [5, 5.41) is 0. The van der Waals surface area contributed by atoms with Crippen LogP contribution in [0.1, 0.15) is 53.4 Å². The Morgan fingerprint density at radius 2 is 1.68 bits per heavy atom. The molecule has 0 aliphatic carbocycles. The molecule has 1 heterocycles. The maximum Gasteiger partial charge on any atom is 0.223 e. The molecule has 0 N–H and O–H groups in total. The smallest absolute Gasteiger partial charge is 0.223 e. The third-order valence-electron chi connectivity index (χ3n) is 3.32. The van der Waals surface area contributed by atoms with E-state index >= 15 is 0 Å². The van der Waals surface area contributed by atoms with Crippen molar-refractivity contribution in [1.29, 1.82) is 0 Å². The lowest BCUT2D eigenvalue weighted by atomic mass is 9.94. The number of nitrogens with zero attached hydrogens (tertiary/aromatic N) is 2. The highest BCUT2D eigenvalue weighted by molar-refractivity contribution is 5.76. The Hall–Kier alpha value is -0.570. The first-order valence-corrected chi connectivity index (χ1v) is 7.79. The molecule has 0 aromatic carbocycles. The summed E-state index contributed by atoms with van der Waals surface area (Å²) in [7, 11) is 4.02. The number of rotatable bonds is 4. The van der Waals surface area contributed by atoms with E-state index in [1.807, 2.05) is 19.0 Å². The van der Waals surface area contributed by atoms with E-state index in [2.05, 4.69) is 32.6 Å². The first kappa shape index (κ1) is 18.4. The lowest BCUT2D eigenvalue weighted by Crippen LogP contribution is -2.39. The quantitative estimate of drug-likeness (QED) is 0.783. The Kier molecular flexibility index (Phi) is 9.94. The van der Waals surface area contributed by atoms with Gasteiger partial charge < -0.3 is 9.80 Å². The summed E-state index contributed by atoms with van der Waals surface area (Å²) in [4.78, 5) is 15.9. The van der Waals surface area contributed by atoms with Crippen LogP contribution in [0.5, 0.6) is 0 Å². The first-order valence-electron chi connectivity index (χ1n) is 7.79. The first-order chi connectivity index (χ1) is 8.86. The van der Waals surface area contributed by atoms with Gasteiger partial charge in [0.15, 0.2) is 0 Å². The number of hydrogen-bond acceptors (Lipinski definition) is 2. The number of carbonyl (C=O) groups excluding carboxylic acids is 1. The lowest BCUT2D eigenvalue weighted by molar-refractivity contribution is -0.132. The van der Waals surface area contributed by atoms with Crippen LogP contribution in [0.3, 0.4) is 0 Å². The van der Waals surface area contributed by atoms with Gasteiger partial charge in [0.05, 0.1) is 0 Å². The van der Waals surface area contributed by atoms with Crippen LogP contribution in [-0.2, 0) is 4.79 Å². The minimum absolute atomic E-state index is 0.332. The van der Waals surface area contributed by atoms with Crippen molar-refractivity contribution < 1.29 is 4.79 Å². The van der Waals surface area contributed by atoms with Gasteiger partial charge in [-0.05, 0) is 38.8 Å². The topological polar surface area (TPSA) is 23.6 Å². The standard InChI is InChI=1S/C12H24N2O.C4H10/c1-4-11-5-9-14(10-6-11)12(15)7-8-13(2)3;1-4(2)3/h11H,4-10H2,1-3H3;4H,1-3H3. The van der Waals surface area contributed by atoms with E-state index in [9.17, 15) is 4.79 Å². The molecule has 0 aromatic rings. The predicted octanol–water partition coefficient (Wildman–Crippen LogP) is 3.25. The number of hydrogen-bond donors (Lipinski definition) is 0. The molecule has 0 saturated carbocycles. The van der Waals surface area contributed by atoms with Gasteiger partial charge in [-0.1, -0.05) is 34.1 Å². The summed E-state index contributed by atoms with van der Waals surface area (Å²) in [6, 6.07) is 0. The van der Waals surface area contributed by atoms with Crippen LogP contribution in [0, 0.1) is 11.8 Å². The highest BCUT2D eigenvalue weighted by atomic mass is 16.2. The molecule has 0 aromatic heterocycles. The molecule has 0 radical (unpaired) electrons. The number of carbonyl (C=O) groups is 1. The van der Waals surface area contributed by atoms with E-state index in [1.54, 1.807) is 0 Å². The molecule has 0 unspecified atom stereocenters. The van der Waals surface area contributed by atoms with Gasteiger partial charge in [-0.2, -0.15) is 0 Å². The Labute approximate surface area is 120 Å². The van der Waals surface area contributed by atoms with Crippen LogP contribution >= 0.6 is 0 Å². The third kappa shape index (κ3) is 9.94. The normalized spacial score (nSPS) is 16.5. The van der Waals surface area contributed by atoms with Gasteiger partial charge >= 0.3 is 0 Å². The molecule has 114 valence electrons. The Bertz CT molecular complexity index is 228. The summed E-state index contributed by atoms with van der Waals surface area (Å²) in [5.74, 6) is 2.01. The van der Waals surface area contributed by atoms with Gasteiger partial charge in [-0.25, -0.2) is 0 Å². The van der Waals surface area contributed by atoms with E-state index in [0.717, 1.165) is 31.5 Å². The van der Waals surface area contributed by atoms with Crippen molar-refractivity contribution in [3.05, 3.63) is 0 Å². The van der Waals surface area contributed by atoms with Crippen molar-refractivity contribution in [3.8, 4) is 0 Å². The number of amides is 1. The lowest BCUT2D eigenvalue weighted by Gasteiger charge is -2.31. The van der Waals surface area contributed by atoms with Crippen molar-refractivity contribution in [2.24, 2.45) is 11.8 Å². The summed E-state index contributed by atoms with van der Waals surface area (Å²) in [6.45, 7) is 11.6. The van der Waals surface area contributed by atoms with Crippen molar-refractivity contribution in [1.82, 2.24) is 9.80 Å². The highest BCUT2D eigenvalue weighted by Crippen LogP contribution is 2.20. The van der Waals surface area contributed by atoms with E-state index < -0.39 is 0 Å². The molecular formula is C16H34N2O. The van der Waals surface area contributed by atoms with Crippen LogP contribution in [0.2, 0.25) is 0 Å². The zero-order valence-corrected chi connectivity index (χ0v) is 13.9. The fourth-order valence-corrected chi connectivity index (χ4v) is 2.07. The molecule has 1 aliphatic heterocycles. The van der Waals surface area contributed by atoms with Gasteiger partial charge in [0.1, 0.15) is 0 Å². The van der Waals surface area contributed by atoms with Crippen molar-refractivity contribution in [3.63, 3.8) is 0 Å². The Morgan fingerprint density at radius 1 is 1.21 bits per heavy atom. The van der Waals surface area contributed by atoms with Gasteiger partial charge in [-0.3, -0.25) is 4.79 Å². The van der Waals surface area contributed by atoms with Gasteiger partial charge in [0.2, 0.25) is 5.91 Å². The molecule has 1 aliphatic rings. The highest BCUT2D eigenvalue weighted by Gasteiger charge is 2.21. The fourth-order valence-electron chi connectivity index (χ4n) is 2.07. The molecule has 1 rings (SSSR count). The SMILES string of the molecule is CC(C)C.CCC1CCN(C(=O)CCN(C)C)CC1. The van der Waals surface area contributed by atoms with Crippen LogP contribution in [-0.4, -0.2) is 49.4 Å². The van der Waals surface area contributed by atoms with E-state index in [4.69, 9.17) is 0 Å². The monoisotopic (exact) mass is 270 g/mol. The average molecular weight is 270 g/mol. The minimum atomic E-state index is 0.332. The zero-order valence-electron chi connectivity index (χ0n) is 13.9. The van der Waals surface area contributed by atoms with E-state index in [1.165, 1.54) is 19.3 Å². The van der Waals surface area contributed by atoms with E-state index in [-0.39, 0.29) is 0 Å². The average Bonchev–Trinajstić information content (AvgIpc) is 2.35. The zero-order chi connectivity index (χ0) is 14.8. The summed E-state index contributed by atoms with van der Waals surface area (Å²) in [6.07, 6.45) is 4.33. The third-order valence-corrected chi connectivity index (χ3v) is 3.32. The van der Waals surface area contributed by atoms with E-state index in [0.29, 0.717) is 12.3 Å². The van der Waals surface area contributed by atoms with Crippen LogP contribution < -0.4 is 0 Å². The molecule has 1 amide bonds. The molecule has 1 fully saturated rings. The Morgan fingerprint density at radius 3 is 2.05 bits per heavy atom. The Balaban J connectivity index is 0.000000711. The number of piperidine rings is 1. The second-order valence-electron chi connectivity index (χ2n) is 6.52. The predicted molar refractivity (Wildman–Crippen MR) is 83.3 cm³/mol. The molecule has 0 spiro atoms. The fraction of sp³-hybridized carbons (Fsp3) is 0.938. The summed E-state index contributed by atoms with van der Waals surface area (Å²) >= 11 is 0. The molecule has 19 heavy (non-hydrogen) atoms. The maximum atomic E-state index is 11.8. The van der Waals surface area contributed by atoms with Gasteiger partial charge in [0.25, 0.3) is 0 Å². The summed E-state index contributed by atoms with van der Waals surface area (Å²) in [5.41, 5.74) is 0. The van der Waals surface area contributed by atoms with Crippen LogP contribution in [0.4, 0.5) is 0 Å². The van der Waals surface area contributed by atoms with Crippen molar-refractivity contribution >= 4 is 5.91 Å². The molecule has 0 bridgehead atoms. The summed E-state index contributed by atoms with van der Waals surface area (Å²) < 4.78 is 0. The molecule has 0 atom stereocenters. The van der Waals surface area contributed by atoms with Crippen LogP contribution in [0.15, 0.2) is 0 Å². The molecule has 3 nitrogen and oxygen atoms in total. The largest absolute Gasteiger partial charge is 0.343 e. The van der Waals surface area contributed by atoms with Crippen LogP contribution in [0.25, 0.3) is 0 Å². The second-order valence-corrected chi connectivity index (χ2v) is 6.52. The van der Waals surface area contributed by atoms with Gasteiger partial charge in [0, 0.05) is 26.1 Å². The van der Waals surface area contributed by atoms with Gasteiger partial charge in [-0.15, -0.1) is 0 Å². The molecular weight excluding hydrogens is 236 g/mol. The molecule has 1 saturated heterocycles. The number of likely N-dealkylation sites (tertiary alicyclic amines) is 1.